The maximum atomic E-state index is 14.8. The molecule has 0 atom stereocenters. The number of halogens is 8. The minimum absolute atomic E-state index is 0.0356. The summed E-state index contributed by atoms with van der Waals surface area (Å²) < 4.78 is 115. The molecule has 0 aromatic heterocycles. The van der Waals surface area contributed by atoms with Gasteiger partial charge in [-0.1, -0.05) is 26.7 Å². The molecule has 2 aromatic carbocycles. The smallest absolute Gasteiger partial charge is 0.198 e. The second-order valence-corrected chi connectivity index (χ2v) is 7.22. The molecule has 2 aliphatic rings. The van der Waals surface area contributed by atoms with E-state index in [1.807, 2.05) is 0 Å². The van der Waals surface area contributed by atoms with Crippen molar-refractivity contribution >= 4 is 22.3 Å². The van der Waals surface area contributed by atoms with Crippen LogP contribution in [0, 0.1) is 46.5 Å². The Kier molecular flexibility index (Phi) is 4.78. The molecular weight excluding hydrogens is 416 g/mol. The molecule has 0 fully saturated rings. The van der Waals surface area contributed by atoms with Crippen molar-refractivity contribution in [2.24, 2.45) is 0 Å². The summed E-state index contributed by atoms with van der Waals surface area (Å²) in [5, 5.41) is -2.54. The summed E-state index contributed by atoms with van der Waals surface area (Å²) in [6.07, 6.45) is 0.536. The van der Waals surface area contributed by atoms with E-state index >= 15 is 0 Å². The van der Waals surface area contributed by atoms with Crippen LogP contribution in [0.5, 0.6) is 0 Å². The third kappa shape index (κ3) is 2.39. The molecule has 0 nitrogen and oxygen atoms in total. The highest BCUT2D eigenvalue weighted by Gasteiger charge is 2.37. The molecule has 0 unspecified atom stereocenters. The van der Waals surface area contributed by atoms with E-state index in [4.69, 9.17) is 0 Å². The molecule has 0 N–H and O–H groups in total. The predicted molar refractivity (Wildman–Crippen MR) is 94.5 cm³/mol. The highest BCUT2D eigenvalue weighted by atomic mass is 19.2. The van der Waals surface area contributed by atoms with Crippen molar-refractivity contribution in [1.82, 2.24) is 0 Å². The SMILES string of the molecule is CCCC1=c2c(F)c(F)c(F)c(F)c2=C2C(CCC)=c3c(F)c(F)c(F)c(F)c3=C12. The van der Waals surface area contributed by atoms with Crippen LogP contribution in [0.4, 0.5) is 35.1 Å². The van der Waals surface area contributed by atoms with Crippen LogP contribution in [0.25, 0.3) is 22.3 Å². The summed E-state index contributed by atoms with van der Waals surface area (Å²) >= 11 is 0. The van der Waals surface area contributed by atoms with Crippen molar-refractivity contribution in [2.75, 3.05) is 0 Å². The van der Waals surface area contributed by atoms with Gasteiger partial charge in [-0.3, -0.25) is 0 Å². The van der Waals surface area contributed by atoms with Crippen molar-refractivity contribution in [3.05, 3.63) is 67.4 Å². The maximum absolute atomic E-state index is 14.8. The van der Waals surface area contributed by atoms with Crippen molar-refractivity contribution in [1.29, 1.82) is 0 Å². The molecule has 0 bridgehead atoms. The molecule has 0 radical (unpaired) electrons. The molecular formula is C22H14F8. The molecule has 0 aliphatic heterocycles. The van der Waals surface area contributed by atoms with Gasteiger partial charge in [0.25, 0.3) is 0 Å². The molecule has 0 spiro atoms. The maximum Gasteiger partial charge on any atom is 0.198 e. The standard InChI is InChI=1S/C22H14F8/c1-3-5-7-9-10(14-11(7)15(23)19(27)22(30)18(14)26)8(6-4-2)12-13(9)17(25)21(29)20(28)16(12)24/h3-6H2,1-2H3. The van der Waals surface area contributed by atoms with Crippen LogP contribution in [0.3, 0.4) is 0 Å². The van der Waals surface area contributed by atoms with Crippen LogP contribution in [-0.4, -0.2) is 0 Å². The first-order valence-corrected chi connectivity index (χ1v) is 9.38. The first kappa shape index (κ1) is 20.6. The van der Waals surface area contributed by atoms with Gasteiger partial charge >= 0.3 is 0 Å². The van der Waals surface area contributed by atoms with Gasteiger partial charge in [0.2, 0.25) is 0 Å². The van der Waals surface area contributed by atoms with Crippen molar-refractivity contribution in [3.8, 4) is 0 Å². The second-order valence-electron chi connectivity index (χ2n) is 7.22. The van der Waals surface area contributed by atoms with Gasteiger partial charge in [-0.05, 0) is 35.1 Å². The zero-order chi connectivity index (χ0) is 22.1. The Balaban J connectivity index is 2.43. The van der Waals surface area contributed by atoms with E-state index in [1.165, 1.54) is 0 Å². The predicted octanol–water partition coefficient (Wildman–Crippen LogP) is 3.73. The van der Waals surface area contributed by atoms with E-state index in [0.717, 1.165) is 0 Å². The van der Waals surface area contributed by atoms with Crippen LogP contribution in [0.2, 0.25) is 0 Å². The fourth-order valence-corrected chi connectivity index (χ4v) is 4.40. The average Bonchev–Trinajstić information content (AvgIpc) is 3.22. The van der Waals surface area contributed by atoms with Crippen LogP contribution in [0.15, 0.2) is 0 Å². The molecule has 0 saturated heterocycles. The van der Waals surface area contributed by atoms with Gasteiger partial charge in [0.05, 0.1) is 0 Å². The number of hydrogen-bond acceptors (Lipinski definition) is 0. The zero-order valence-corrected chi connectivity index (χ0v) is 15.9. The Hall–Kier alpha value is -2.64. The lowest BCUT2D eigenvalue weighted by Gasteiger charge is -2.08. The molecule has 4 rings (SSSR count). The van der Waals surface area contributed by atoms with E-state index in [9.17, 15) is 35.1 Å². The minimum atomic E-state index is -2.07. The Labute approximate surface area is 165 Å². The number of fused-ring (bicyclic) bond motifs is 3. The van der Waals surface area contributed by atoms with E-state index in [0.29, 0.717) is 12.8 Å². The highest BCUT2D eigenvalue weighted by Crippen LogP contribution is 2.38. The first-order chi connectivity index (χ1) is 14.2. The molecule has 0 heterocycles. The van der Waals surface area contributed by atoms with Crippen LogP contribution in [0.1, 0.15) is 39.5 Å². The van der Waals surface area contributed by atoms with Crippen molar-refractivity contribution < 1.29 is 35.1 Å². The normalized spacial score (nSPS) is 14.6. The van der Waals surface area contributed by atoms with Gasteiger partial charge < -0.3 is 0 Å². The number of benzene rings is 2. The lowest BCUT2D eigenvalue weighted by Crippen LogP contribution is -2.38. The van der Waals surface area contributed by atoms with Crippen molar-refractivity contribution in [3.63, 3.8) is 0 Å². The van der Waals surface area contributed by atoms with E-state index in [2.05, 4.69) is 0 Å². The largest absolute Gasteiger partial charge is 0.203 e. The lowest BCUT2D eigenvalue weighted by molar-refractivity contribution is 0.401. The van der Waals surface area contributed by atoms with Crippen LogP contribution >= 0.6 is 0 Å². The summed E-state index contributed by atoms with van der Waals surface area (Å²) in [6, 6.07) is 0. The average molecular weight is 430 g/mol. The summed E-state index contributed by atoms with van der Waals surface area (Å²) in [6.45, 7) is 3.29. The fourth-order valence-electron chi connectivity index (χ4n) is 4.40. The molecule has 158 valence electrons. The summed E-state index contributed by atoms with van der Waals surface area (Å²) in [5.74, 6) is -15.0. The van der Waals surface area contributed by atoms with Crippen molar-refractivity contribution in [2.45, 2.75) is 39.5 Å². The quantitative estimate of drug-likeness (QED) is 0.394. The molecule has 0 amide bonds. The topological polar surface area (TPSA) is 0 Å². The summed E-state index contributed by atoms with van der Waals surface area (Å²) in [5.41, 5.74) is -0.698. The third-order valence-corrected chi connectivity index (χ3v) is 5.49. The van der Waals surface area contributed by atoms with Gasteiger partial charge in [0.15, 0.2) is 46.5 Å². The molecule has 2 aliphatic carbocycles. The number of hydrogen-bond donors (Lipinski definition) is 0. The second kappa shape index (κ2) is 6.96. The minimum Gasteiger partial charge on any atom is -0.203 e. The van der Waals surface area contributed by atoms with Crippen LogP contribution < -0.4 is 20.9 Å². The van der Waals surface area contributed by atoms with Gasteiger partial charge in [-0.15, -0.1) is 0 Å². The first-order valence-electron chi connectivity index (χ1n) is 9.38. The van der Waals surface area contributed by atoms with Gasteiger partial charge in [-0.2, -0.15) is 0 Å². The van der Waals surface area contributed by atoms with E-state index in [-0.39, 0.29) is 35.1 Å². The molecule has 30 heavy (non-hydrogen) atoms. The Bertz CT molecular complexity index is 1280. The van der Waals surface area contributed by atoms with E-state index in [1.54, 1.807) is 13.8 Å². The monoisotopic (exact) mass is 430 g/mol. The fraction of sp³-hybridized carbons (Fsp3) is 0.273. The molecule has 8 heteroatoms. The third-order valence-electron chi connectivity index (χ3n) is 5.49. The Morgan fingerprint density at radius 2 is 0.667 bits per heavy atom. The number of rotatable bonds is 4. The summed E-state index contributed by atoms with van der Waals surface area (Å²) in [7, 11) is 0. The molecule has 2 aromatic rings. The Morgan fingerprint density at radius 3 is 0.933 bits per heavy atom. The van der Waals surface area contributed by atoms with Gasteiger partial charge in [-0.25, -0.2) is 35.1 Å². The van der Waals surface area contributed by atoms with Gasteiger partial charge in [0.1, 0.15) is 0 Å². The van der Waals surface area contributed by atoms with Gasteiger partial charge in [0, 0.05) is 20.9 Å². The summed E-state index contributed by atoms with van der Waals surface area (Å²) in [4.78, 5) is 0. The highest BCUT2D eigenvalue weighted by molar-refractivity contribution is 6.26. The molecule has 0 saturated carbocycles. The van der Waals surface area contributed by atoms with Crippen LogP contribution in [-0.2, 0) is 0 Å². The zero-order valence-electron chi connectivity index (χ0n) is 15.9. The lowest BCUT2D eigenvalue weighted by atomic mass is 9.95. The Morgan fingerprint density at radius 1 is 0.400 bits per heavy atom. The van der Waals surface area contributed by atoms with E-state index < -0.39 is 67.4 Å².